The number of aromatic nitrogens is 2. The first-order valence-electron chi connectivity index (χ1n) is 8.84. The summed E-state index contributed by atoms with van der Waals surface area (Å²) in [7, 11) is 0. The second-order valence-corrected chi connectivity index (χ2v) is 8.31. The molecule has 0 radical (unpaired) electrons. The van der Waals surface area contributed by atoms with Gasteiger partial charge in [-0.05, 0) is 26.3 Å². The molecule has 0 aliphatic rings. The van der Waals surface area contributed by atoms with Gasteiger partial charge in [0, 0.05) is 36.0 Å². The number of aryl methyl sites for hydroxylation is 2. The lowest BCUT2D eigenvalue weighted by atomic mass is 10.1. The first kappa shape index (κ1) is 22.1. The Morgan fingerprint density at radius 1 is 1.29 bits per heavy atom. The van der Waals surface area contributed by atoms with Crippen LogP contribution in [0.25, 0.3) is 21.3 Å². The fourth-order valence-corrected chi connectivity index (χ4v) is 3.62. The van der Waals surface area contributed by atoms with Crippen LogP contribution in [0.3, 0.4) is 0 Å². The van der Waals surface area contributed by atoms with Crippen molar-refractivity contribution in [1.82, 2.24) is 14.9 Å². The molecule has 1 aromatic carbocycles. The molecule has 0 spiro atoms. The zero-order valence-electron chi connectivity index (χ0n) is 16.2. The summed E-state index contributed by atoms with van der Waals surface area (Å²) in [6, 6.07) is 8.07. The van der Waals surface area contributed by atoms with Crippen LogP contribution in [-0.4, -0.2) is 27.5 Å². The van der Waals surface area contributed by atoms with Gasteiger partial charge in [-0.15, -0.1) is 23.7 Å². The van der Waals surface area contributed by atoms with Crippen LogP contribution in [0.15, 0.2) is 40.8 Å². The molecule has 0 atom stereocenters. The summed E-state index contributed by atoms with van der Waals surface area (Å²) in [4.78, 5) is 30.1. The van der Waals surface area contributed by atoms with Crippen molar-refractivity contribution in [2.75, 3.05) is 6.54 Å². The third-order valence-electron chi connectivity index (χ3n) is 4.24. The molecule has 0 bridgehead atoms. The minimum absolute atomic E-state index is 0. The van der Waals surface area contributed by atoms with E-state index in [-0.39, 0.29) is 36.8 Å². The Hall–Kier alpha value is -2.22. The predicted octanol–water partition coefficient (Wildman–Crippen LogP) is 3.10. The molecule has 6 nitrogen and oxygen atoms in total. The molecule has 0 aliphatic carbocycles. The van der Waals surface area contributed by atoms with Crippen LogP contribution in [0.5, 0.6) is 0 Å². The maximum atomic E-state index is 13.0. The zero-order valence-corrected chi connectivity index (χ0v) is 17.8. The van der Waals surface area contributed by atoms with E-state index in [0.29, 0.717) is 16.8 Å². The molecule has 3 N–H and O–H groups in total. The van der Waals surface area contributed by atoms with E-state index < -0.39 is 5.54 Å². The van der Waals surface area contributed by atoms with E-state index in [1.807, 2.05) is 50.4 Å². The van der Waals surface area contributed by atoms with Crippen LogP contribution in [0.2, 0.25) is 0 Å². The number of rotatable bonds is 6. The number of nitrogens with one attached hydrogen (secondary N) is 1. The molecule has 28 heavy (non-hydrogen) atoms. The summed E-state index contributed by atoms with van der Waals surface area (Å²) in [5.41, 5.74) is 8.33. The average Bonchev–Trinajstić information content (AvgIpc) is 3.04. The first-order chi connectivity index (χ1) is 12.7. The predicted molar refractivity (Wildman–Crippen MR) is 117 cm³/mol. The molecule has 1 amide bonds. The van der Waals surface area contributed by atoms with Crippen LogP contribution < -0.4 is 16.6 Å². The Balaban J connectivity index is 0.00000280. The topological polar surface area (TPSA) is 90.0 Å². The Morgan fingerprint density at radius 2 is 1.96 bits per heavy atom. The molecule has 3 aromatic rings. The van der Waals surface area contributed by atoms with Gasteiger partial charge in [0.2, 0.25) is 5.91 Å². The smallest absolute Gasteiger partial charge is 0.262 e. The fourth-order valence-electron chi connectivity index (χ4n) is 2.71. The van der Waals surface area contributed by atoms with Crippen LogP contribution in [0.1, 0.15) is 25.8 Å². The van der Waals surface area contributed by atoms with Crippen LogP contribution in [-0.2, 0) is 11.3 Å². The first-order valence-corrected chi connectivity index (χ1v) is 9.72. The Morgan fingerprint density at radius 3 is 2.61 bits per heavy atom. The van der Waals surface area contributed by atoms with Crippen LogP contribution in [0, 0.1) is 6.92 Å². The number of nitrogens with two attached hydrogens (primary N) is 1. The summed E-state index contributed by atoms with van der Waals surface area (Å²) in [6.07, 6.45) is 1.72. The number of hydrogen-bond acceptors (Lipinski definition) is 5. The van der Waals surface area contributed by atoms with Gasteiger partial charge in [-0.1, -0.05) is 29.8 Å². The van der Waals surface area contributed by atoms with Crippen molar-refractivity contribution in [3.05, 3.63) is 51.9 Å². The molecule has 0 aliphatic heterocycles. The largest absolute Gasteiger partial charge is 0.354 e. The SMILES string of the molecule is Cc1ccc(-c2csc3ncn(CCC(=O)NCC(C)(C)N)c(=O)c23)cc1.Cl. The summed E-state index contributed by atoms with van der Waals surface area (Å²) < 4.78 is 1.50. The van der Waals surface area contributed by atoms with Gasteiger partial charge in [0.05, 0.1) is 11.7 Å². The van der Waals surface area contributed by atoms with Gasteiger partial charge in [-0.3, -0.25) is 14.2 Å². The maximum absolute atomic E-state index is 13.0. The normalized spacial score (nSPS) is 11.3. The number of amides is 1. The van der Waals surface area contributed by atoms with Crippen molar-refractivity contribution < 1.29 is 4.79 Å². The highest BCUT2D eigenvalue weighted by Crippen LogP contribution is 2.30. The summed E-state index contributed by atoms with van der Waals surface area (Å²) >= 11 is 1.45. The van der Waals surface area contributed by atoms with E-state index in [9.17, 15) is 9.59 Å². The molecular weight excluding hydrogens is 396 g/mol. The molecule has 3 rings (SSSR count). The van der Waals surface area contributed by atoms with Crippen LogP contribution >= 0.6 is 23.7 Å². The number of thiophene rings is 1. The molecule has 8 heteroatoms. The number of hydrogen-bond donors (Lipinski definition) is 2. The zero-order chi connectivity index (χ0) is 19.6. The van der Waals surface area contributed by atoms with Gasteiger partial charge in [-0.25, -0.2) is 4.98 Å². The van der Waals surface area contributed by atoms with Crippen molar-refractivity contribution in [3.8, 4) is 11.1 Å². The number of halogens is 1. The van der Waals surface area contributed by atoms with Crippen molar-refractivity contribution in [1.29, 1.82) is 0 Å². The lowest BCUT2D eigenvalue weighted by Crippen LogP contribution is -2.45. The summed E-state index contributed by atoms with van der Waals surface area (Å²) in [5.74, 6) is -0.135. The Bertz CT molecular complexity index is 1020. The highest BCUT2D eigenvalue weighted by Gasteiger charge is 2.15. The van der Waals surface area contributed by atoms with Crippen molar-refractivity contribution in [2.45, 2.75) is 39.3 Å². The molecule has 0 saturated carbocycles. The third kappa shape index (κ3) is 5.19. The number of benzene rings is 1. The van der Waals surface area contributed by atoms with Crippen molar-refractivity contribution >= 4 is 39.9 Å². The lowest BCUT2D eigenvalue weighted by molar-refractivity contribution is -0.121. The quantitative estimate of drug-likeness (QED) is 0.641. The van der Waals surface area contributed by atoms with E-state index >= 15 is 0 Å². The molecule has 0 saturated heterocycles. The highest BCUT2D eigenvalue weighted by atomic mass is 35.5. The van der Waals surface area contributed by atoms with E-state index in [1.54, 1.807) is 0 Å². The van der Waals surface area contributed by atoms with E-state index in [1.165, 1.54) is 27.8 Å². The Labute approximate surface area is 174 Å². The molecule has 150 valence electrons. The molecule has 2 heterocycles. The van der Waals surface area contributed by atoms with E-state index in [4.69, 9.17) is 5.73 Å². The minimum atomic E-state index is -0.466. The standard InChI is InChI=1S/C20H24N4O2S.ClH/c1-13-4-6-14(7-5-13)15-10-27-18-17(15)19(26)24(12-23-18)9-8-16(25)22-11-20(2,3)21;/h4-7,10,12H,8-9,11,21H2,1-3H3,(H,22,25);1H. The van der Waals surface area contributed by atoms with Crippen molar-refractivity contribution in [3.63, 3.8) is 0 Å². The number of carbonyl (C=O) groups excluding carboxylic acids is 1. The summed E-state index contributed by atoms with van der Waals surface area (Å²) in [6.45, 7) is 6.39. The third-order valence-corrected chi connectivity index (χ3v) is 5.13. The highest BCUT2D eigenvalue weighted by molar-refractivity contribution is 7.17. The molecule has 0 unspecified atom stereocenters. The minimum Gasteiger partial charge on any atom is -0.354 e. The van der Waals surface area contributed by atoms with E-state index in [2.05, 4.69) is 10.3 Å². The van der Waals surface area contributed by atoms with Crippen LogP contribution in [0.4, 0.5) is 0 Å². The van der Waals surface area contributed by atoms with Gasteiger partial charge in [0.1, 0.15) is 4.83 Å². The lowest BCUT2D eigenvalue weighted by Gasteiger charge is -2.18. The average molecular weight is 421 g/mol. The second-order valence-electron chi connectivity index (χ2n) is 7.45. The van der Waals surface area contributed by atoms with Gasteiger partial charge in [0.15, 0.2) is 0 Å². The van der Waals surface area contributed by atoms with Gasteiger partial charge < -0.3 is 11.1 Å². The number of fused-ring (bicyclic) bond motifs is 1. The molecule has 2 aromatic heterocycles. The molecule has 0 fully saturated rings. The van der Waals surface area contributed by atoms with Gasteiger partial charge in [-0.2, -0.15) is 0 Å². The van der Waals surface area contributed by atoms with Gasteiger partial charge >= 0.3 is 0 Å². The second kappa shape index (κ2) is 8.86. The summed E-state index contributed by atoms with van der Waals surface area (Å²) in [5, 5.41) is 5.36. The Kier molecular flexibility index (Phi) is 6.98. The van der Waals surface area contributed by atoms with Crippen molar-refractivity contribution in [2.24, 2.45) is 5.73 Å². The fraction of sp³-hybridized carbons (Fsp3) is 0.350. The van der Waals surface area contributed by atoms with Gasteiger partial charge in [0.25, 0.3) is 5.56 Å². The number of nitrogens with zero attached hydrogens (tertiary/aromatic N) is 2. The molecular formula is C20H25ClN4O2S. The van der Waals surface area contributed by atoms with E-state index in [0.717, 1.165) is 11.1 Å². The maximum Gasteiger partial charge on any atom is 0.262 e. The number of carbonyl (C=O) groups is 1. The monoisotopic (exact) mass is 420 g/mol.